The molecule has 0 spiro atoms. The number of ether oxygens (including phenoxy) is 1. The molecule has 0 radical (unpaired) electrons. The molecule has 1 N–H and O–H groups in total. The molecule has 4 nitrogen and oxygen atoms in total. The number of hydrogen-bond acceptors (Lipinski definition) is 3. The van der Waals surface area contributed by atoms with Crippen molar-refractivity contribution in [2.75, 3.05) is 0 Å². The maximum absolute atomic E-state index is 13.0. The van der Waals surface area contributed by atoms with Crippen LogP contribution in [0.1, 0.15) is 19.5 Å². The van der Waals surface area contributed by atoms with Crippen LogP contribution in [0, 0.1) is 5.82 Å². The molecule has 0 saturated carbocycles. The minimum atomic E-state index is -0.574. The first-order chi connectivity index (χ1) is 7.09. The van der Waals surface area contributed by atoms with Crippen LogP contribution in [0.15, 0.2) is 18.3 Å². The standard InChI is InChI=1S/C10H13FN2O2/c1-7(2)13-10(14)15-6-9-8(11)4-3-5-12-9/h3-5,7H,6H2,1-2H3,(H,13,14). The van der Waals surface area contributed by atoms with E-state index in [4.69, 9.17) is 4.74 Å². The highest BCUT2D eigenvalue weighted by atomic mass is 19.1. The van der Waals surface area contributed by atoms with Crippen molar-refractivity contribution in [3.8, 4) is 0 Å². The first-order valence-electron chi connectivity index (χ1n) is 4.62. The summed E-state index contributed by atoms with van der Waals surface area (Å²) in [6.45, 7) is 3.45. The lowest BCUT2D eigenvalue weighted by atomic mass is 10.3. The summed E-state index contributed by atoms with van der Waals surface area (Å²) in [5, 5.41) is 2.52. The molecule has 15 heavy (non-hydrogen) atoms. The van der Waals surface area contributed by atoms with Crippen LogP contribution in [-0.4, -0.2) is 17.1 Å². The predicted octanol–water partition coefficient (Wildman–Crippen LogP) is 1.86. The van der Waals surface area contributed by atoms with Gasteiger partial charge in [-0.05, 0) is 26.0 Å². The molecule has 0 aliphatic heterocycles. The van der Waals surface area contributed by atoms with Crippen LogP contribution >= 0.6 is 0 Å². The van der Waals surface area contributed by atoms with Crippen LogP contribution in [0.5, 0.6) is 0 Å². The fourth-order valence-electron chi connectivity index (χ4n) is 0.936. The highest BCUT2D eigenvalue weighted by Crippen LogP contribution is 2.03. The van der Waals surface area contributed by atoms with Gasteiger partial charge in [0.25, 0.3) is 0 Å². The van der Waals surface area contributed by atoms with Crippen molar-refractivity contribution in [1.29, 1.82) is 0 Å². The Morgan fingerprint density at radius 2 is 2.40 bits per heavy atom. The number of alkyl carbamates (subject to hydrolysis) is 1. The molecule has 0 aliphatic carbocycles. The van der Waals surface area contributed by atoms with E-state index < -0.39 is 11.9 Å². The lowest BCUT2D eigenvalue weighted by molar-refractivity contribution is 0.134. The van der Waals surface area contributed by atoms with E-state index in [-0.39, 0.29) is 18.3 Å². The molecule has 0 bridgehead atoms. The van der Waals surface area contributed by atoms with E-state index in [2.05, 4.69) is 10.3 Å². The van der Waals surface area contributed by atoms with Crippen molar-refractivity contribution in [2.45, 2.75) is 26.5 Å². The Balaban J connectivity index is 2.44. The number of carbonyl (C=O) groups excluding carboxylic acids is 1. The minimum absolute atomic E-state index is 0.00826. The number of pyridine rings is 1. The van der Waals surface area contributed by atoms with Crippen molar-refractivity contribution >= 4 is 6.09 Å². The summed E-state index contributed by atoms with van der Waals surface area (Å²) >= 11 is 0. The second kappa shape index (κ2) is 5.29. The third kappa shape index (κ3) is 3.93. The topological polar surface area (TPSA) is 51.2 Å². The zero-order valence-corrected chi connectivity index (χ0v) is 8.66. The number of nitrogens with one attached hydrogen (secondary N) is 1. The monoisotopic (exact) mass is 212 g/mol. The van der Waals surface area contributed by atoms with Crippen LogP contribution in [0.2, 0.25) is 0 Å². The highest BCUT2D eigenvalue weighted by molar-refractivity contribution is 5.67. The molecule has 1 rings (SSSR count). The average Bonchev–Trinajstić information content (AvgIpc) is 2.15. The molecule has 1 aromatic rings. The van der Waals surface area contributed by atoms with Crippen molar-refractivity contribution in [3.63, 3.8) is 0 Å². The van der Waals surface area contributed by atoms with Gasteiger partial charge in [0.05, 0.1) is 0 Å². The molecule has 1 amide bonds. The van der Waals surface area contributed by atoms with Crippen LogP contribution in [0.4, 0.5) is 9.18 Å². The maximum atomic E-state index is 13.0. The van der Waals surface area contributed by atoms with Gasteiger partial charge in [0, 0.05) is 12.2 Å². The zero-order chi connectivity index (χ0) is 11.3. The molecule has 1 heterocycles. The second-order valence-corrected chi connectivity index (χ2v) is 3.31. The fourth-order valence-corrected chi connectivity index (χ4v) is 0.936. The highest BCUT2D eigenvalue weighted by Gasteiger charge is 2.07. The van der Waals surface area contributed by atoms with Crippen molar-refractivity contribution in [2.24, 2.45) is 0 Å². The van der Waals surface area contributed by atoms with Crippen LogP contribution in [-0.2, 0) is 11.3 Å². The van der Waals surface area contributed by atoms with Crippen molar-refractivity contribution in [3.05, 3.63) is 29.8 Å². The van der Waals surface area contributed by atoms with Gasteiger partial charge in [-0.15, -0.1) is 0 Å². The zero-order valence-electron chi connectivity index (χ0n) is 8.66. The maximum Gasteiger partial charge on any atom is 0.407 e. The largest absolute Gasteiger partial charge is 0.443 e. The predicted molar refractivity (Wildman–Crippen MR) is 52.7 cm³/mol. The van der Waals surface area contributed by atoms with Crippen molar-refractivity contribution in [1.82, 2.24) is 10.3 Å². The number of hydrogen-bond donors (Lipinski definition) is 1. The van der Waals surface area contributed by atoms with Gasteiger partial charge >= 0.3 is 6.09 Å². The van der Waals surface area contributed by atoms with Crippen LogP contribution in [0.3, 0.4) is 0 Å². The number of amides is 1. The molecule has 0 fully saturated rings. The van der Waals surface area contributed by atoms with E-state index in [1.54, 1.807) is 0 Å². The molecule has 5 heteroatoms. The Labute approximate surface area is 87.5 Å². The molecule has 0 unspecified atom stereocenters. The molecular formula is C10H13FN2O2. The van der Waals surface area contributed by atoms with Crippen LogP contribution < -0.4 is 5.32 Å². The quantitative estimate of drug-likeness (QED) is 0.831. The van der Waals surface area contributed by atoms with E-state index in [0.29, 0.717) is 0 Å². The number of nitrogens with zero attached hydrogens (tertiary/aromatic N) is 1. The molecule has 0 aliphatic rings. The first kappa shape index (κ1) is 11.4. The van der Waals surface area contributed by atoms with Crippen molar-refractivity contribution < 1.29 is 13.9 Å². The van der Waals surface area contributed by atoms with Gasteiger partial charge in [0.15, 0.2) is 0 Å². The molecule has 82 valence electrons. The summed E-state index contributed by atoms with van der Waals surface area (Å²) in [5.74, 6) is -0.477. The van der Waals surface area contributed by atoms with Gasteiger partial charge in [-0.3, -0.25) is 4.98 Å². The van der Waals surface area contributed by atoms with Crippen LogP contribution in [0.25, 0.3) is 0 Å². The van der Waals surface area contributed by atoms with Gasteiger partial charge in [-0.1, -0.05) is 0 Å². The van der Waals surface area contributed by atoms with E-state index in [1.807, 2.05) is 13.8 Å². The summed E-state index contributed by atoms with van der Waals surface area (Å²) in [6.07, 6.45) is 0.873. The smallest absolute Gasteiger partial charge is 0.407 e. The Hall–Kier alpha value is -1.65. The van der Waals surface area contributed by atoms with Gasteiger partial charge in [0.1, 0.15) is 18.1 Å². The number of carbonyl (C=O) groups is 1. The van der Waals surface area contributed by atoms with Gasteiger partial charge in [0.2, 0.25) is 0 Å². The molecular weight excluding hydrogens is 199 g/mol. The minimum Gasteiger partial charge on any atom is -0.443 e. The van der Waals surface area contributed by atoms with E-state index in [9.17, 15) is 9.18 Å². The Morgan fingerprint density at radius 3 is 3.00 bits per heavy atom. The summed E-state index contributed by atoms with van der Waals surface area (Å²) < 4.78 is 17.8. The molecule has 0 atom stereocenters. The summed E-state index contributed by atoms with van der Waals surface area (Å²) in [4.78, 5) is 14.8. The third-order valence-electron chi connectivity index (χ3n) is 1.58. The lowest BCUT2D eigenvalue weighted by Crippen LogP contribution is -2.30. The molecule has 0 aromatic carbocycles. The lowest BCUT2D eigenvalue weighted by Gasteiger charge is -2.08. The third-order valence-corrected chi connectivity index (χ3v) is 1.58. The molecule has 0 saturated heterocycles. The number of rotatable bonds is 3. The number of aromatic nitrogens is 1. The summed E-state index contributed by atoms with van der Waals surface area (Å²) in [7, 11) is 0. The van der Waals surface area contributed by atoms with E-state index >= 15 is 0 Å². The fraction of sp³-hybridized carbons (Fsp3) is 0.400. The van der Waals surface area contributed by atoms with Gasteiger partial charge in [-0.2, -0.15) is 0 Å². The Bertz CT molecular complexity index is 342. The SMILES string of the molecule is CC(C)NC(=O)OCc1ncccc1F. The van der Waals surface area contributed by atoms with E-state index in [0.717, 1.165) is 0 Å². The average molecular weight is 212 g/mol. The van der Waals surface area contributed by atoms with Gasteiger partial charge < -0.3 is 10.1 Å². The Morgan fingerprint density at radius 1 is 1.67 bits per heavy atom. The Kier molecular flexibility index (Phi) is 4.03. The second-order valence-electron chi connectivity index (χ2n) is 3.31. The first-order valence-corrected chi connectivity index (χ1v) is 4.62. The molecule has 1 aromatic heterocycles. The summed E-state index contributed by atoms with van der Waals surface area (Å²) in [6, 6.07) is 2.74. The normalized spacial score (nSPS) is 10.1. The van der Waals surface area contributed by atoms with E-state index in [1.165, 1.54) is 18.3 Å². The number of halogens is 1. The van der Waals surface area contributed by atoms with Gasteiger partial charge in [-0.25, -0.2) is 9.18 Å². The summed E-state index contributed by atoms with van der Waals surface area (Å²) in [5.41, 5.74) is 0.122.